The number of rotatable bonds is 4. The Balaban J connectivity index is 2.36. The van der Waals surface area contributed by atoms with Gasteiger partial charge in [-0.3, -0.25) is 14.6 Å². The first kappa shape index (κ1) is 14.4. The number of nitrogens with zero attached hydrogens (tertiary/aromatic N) is 2. The summed E-state index contributed by atoms with van der Waals surface area (Å²) in [5.74, 6) is 0.159. The van der Waals surface area contributed by atoms with E-state index in [1.807, 2.05) is 43.0 Å². The summed E-state index contributed by atoms with van der Waals surface area (Å²) in [5.41, 5.74) is 0.544. The SMILES string of the molecule is CCN(CC)C1N(c2cccc(Cl)c2)C(=O)C1(C)C. The molecule has 0 aromatic heterocycles. The molecule has 2 rings (SSSR count). The molecule has 3 nitrogen and oxygen atoms in total. The van der Waals surface area contributed by atoms with Gasteiger partial charge >= 0.3 is 0 Å². The molecule has 1 aliphatic heterocycles. The molecule has 4 heteroatoms. The lowest BCUT2D eigenvalue weighted by molar-refractivity contribution is -0.144. The summed E-state index contributed by atoms with van der Waals surface area (Å²) in [6.45, 7) is 10.1. The van der Waals surface area contributed by atoms with Gasteiger partial charge in [0.05, 0.1) is 5.41 Å². The maximum Gasteiger partial charge on any atom is 0.237 e. The Bertz CT molecular complexity index is 483. The molecule has 1 heterocycles. The number of amides is 1. The van der Waals surface area contributed by atoms with Crippen LogP contribution in [0.25, 0.3) is 0 Å². The number of anilines is 1. The molecule has 1 aliphatic rings. The first-order valence-corrected chi connectivity index (χ1v) is 7.14. The molecule has 1 saturated heterocycles. The zero-order chi connectivity index (χ0) is 14.2. The maximum atomic E-state index is 12.4. The highest BCUT2D eigenvalue weighted by Gasteiger charge is 2.56. The van der Waals surface area contributed by atoms with Crippen molar-refractivity contribution >= 4 is 23.2 Å². The molecule has 104 valence electrons. The van der Waals surface area contributed by atoms with E-state index in [2.05, 4.69) is 18.7 Å². The normalized spacial score (nSPS) is 21.7. The molecule has 0 spiro atoms. The van der Waals surface area contributed by atoms with Gasteiger partial charge in [0.2, 0.25) is 5.91 Å². The van der Waals surface area contributed by atoms with E-state index in [4.69, 9.17) is 11.6 Å². The van der Waals surface area contributed by atoms with Crippen molar-refractivity contribution in [2.24, 2.45) is 5.41 Å². The highest BCUT2D eigenvalue weighted by molar-refractivity contribution is 6.31. The van der Waals surface area contributed by atoms with Crippen LogP contribution in [0, 0.1) is 5.41 Å². The molecule has 1 aromatic rings. The maximum absolute atomic E-state index is 12.4. The summed E-state index contributed by atoms with van der Waals surface area (Å²) >= 11 is 6.03. The highest BCUT2D eigenvalue weighted by atomic mass is 35.5. The molecule has 0 aliphatic carbocycles. The summed E-state index contributed by atoms with van der Waals surface area (Å²) < 4.78 is 0. The molecule has 0 bridgehead atoms. The van der Waals surface area contributed by atoms with Gasteiger partial charge in [-0.25, -0.2) is 0 Å². The summed E-state index contributed by atoms with van der Waals surface area (Å²) in [6, 6.07) is 7.50. The van der Waals surface area contributed by atoms with Crippen molar-refractivity contribution in [1.29, 1.82) is 0 Å². The summed E-state index contributed by atoms with van der Waals surface area (Å²) in [4.78, 5) is 16.6. The van der Waals surface area contributed by atoms with Crippen LogP contribution in [0.15, 0.2) is 24.3 Å². The van der Waals surface area contributed by atoms with Crippen molar-refractivity contribution in [3.05, 3.63) is 29.3 Å². The standard InChI is InChI=1S/C15H21ClN2O/c1-5-17(6-2)13-15(3,4)14(19)18(13)12-9-7-8-11(16)10-12/h7-10,13H,5-6H2,1-4H3. The number of halogens is 1. The Hall–Kier alpha value is -1.06. The molecular formula is C15H21ClN2O. The van der Waals surface area contributed by atoms with Crippen LogP contribution in [-0.4, -0.2) is 30.1 Å². The zero-order valence-electron chi connectivity index (χ0n) is 12.0. The number of benzene rings is 1. The van der Waals surface area contributed by atoms with E-state index in [0.29, 0.717) is 5.02 Å². The van der Waals surface area contributed by atoms with Crippen molar-refractivity contribution in [3.63, 3.8) is 0 Å². The lowest BCUT2D eigenvalue weighted by atomic mass is 9.77. The third-order valence-electron chi connectivity index (χ3n) is 3.90. The molecule has 0 saturated carbocycles. The van der Waals surface area contributed by atoms with Crippen LogP contribution >= 0.6 is 11.6 Å². The minimum Gasteiger partial charge on any atom is -0.294 e. The van der Waals surface area contributed by atoms with Crippen LogP contribution in [0.5, 0.6) is 0 Å². The Kier molecular flexibility index (Phi) is 3.88. The Morgan fingerprint density at radius 2 is 1.95 bits per heavy atom. The fourth-order valence-electron chi connectivity index (χ4n) is 2.86. The predicted octanol–water partition coefficient (Wildman–Crippen LogP) is 3.38. The van der Waals surface area contributed by atoms with Crippen molar-refractivity contribution < 1.29 is 4.79 Å². The fraction of sp³-hybridized carbons (Fsp3) is 0.533. The molecule has 0 radical (unpaired) electrons. The van der Waals surface area contributed by atoms with E-state index >= 15 is 0 Å². The smallest absolute Gasteiger partial charge is 0.237 e. The minimum atomic E-state index is -0.339. The summed E-state index contributed by atoms with van der Waals surface area (Å²) in [6.07, 6.45) is 0.105. The molecular weight excluding hydrogens is 260 g/mol. The van der Waals surface area contributed by atoms with Crippen LogP contribution in [0.2, 0.25) is 5.02 Å². The van der Waals surface area contributed by atoms with Gasteiger partial charge in [-0.2, -0.15) is 0 Å². The third kappa shape index (κ3) is 2.26. The minimum absolute atomic E-state index is 0.105. The summed E-state index contributed by atoms with van der Waals surface area (Å²) in [7, 11) is 0. The molecule has 1 amide bonds. The van der Waals surface area contributed by atoms with Crippen molar-refractivity contribution in [2.75, 3.05) is 18.0 Å². The first-order valence-electron chi connectivity index (χ1n) is 6.76. The topological polar surface area (TPSA) is 23.6 Å². The van der Waals surface area contributed by atoms with Crippen molar-refractivity contribution in [1.82, 2.24) is 4.90 Å². The molecule has 19 heavy (non-hydrogen) atoms. The van der Waals surface area contributed by atoms with E-state index in [1.54, 1.807) is 0 Å². The van der Waals surface area contributed by atoms with E-state index in [-0.39, 0.29) is 17.5 Å². The third-order valence-corrected chi connectivity index (χ3v) is 4.14. The predicted molar refractivity (Wildman–Crippen MR) is 79.4 cm³/mol. The molecule has 1 fully saturated rings. The van der Waals surface area contributed by atoms with Gasteiger partial charge in [0.25, 0.3) is 0 Å². The van der Waals surface area contributed by atoms with Crippen LogP contribution in [0.3, 0.4) is 0 Å². The van der Waals surface area contributed by atoms with Gasteiger partial charge in [-0.15, -0.1) is 0 Å². The highest BCUT2D eigenvalue weighted by Crippen LogP contribution is 2.43. The van der Waals surface area contributed by atoms with Gasteiger partial charge < -0.3 is 0 Å². The average molecular weight is 281 g/mol. The monoisotopic (exact) mass is 280 g/mol. The van der Waals surface area contributed by atoms with Crippen LogP contribution in [0.4, 0.5) is 5.69 Å². The van der Waals surface area contributed by atoms with E-state index < -0.39 is 0 Å². The Morgan fingerprint density at radius 1 is 1.32 bits per heavy atom. The molecule has 1 unspecified atom stereocenters. The van der Waals surface area contributed by atoms with Gasteiger partial charge in [0.1, 0.15) is 6.17 Å². The number of carbonyl (C=O) groups is 1. The largest absolute Gasteiger partial charge is 0.294 e. The number of carbonyl (C=O) groups excluding carboxylic acids is 1. The average Bonchev–Trinajstić information content (AvgIpc) is 2.39. The van der Waals surface area contributed by atoms with Gasteiger partial charge in [0, 0.05) is 10.7 Å². The van der Waals surface area contributed by atoms with E-state index in [0.717, 1.165) is 18.8 Å². The van der Waals surface area contributed by atoms with E-state index in [1.165, 1.54) is 0 Å². The van der Waals surface area contributed by atoms with E-state index in [9.17, 15) is 4.79 Å². The van der Waals surface area contributed by atoms with Crippen molar-refractivity contribution in [3.8, 4) is 0 Å². The number of hydrogen-bond acceptors (Lipinski definition) is 2. The quantitative estimate of drug-likeness (QED) is 0.790. The summed E-state index contributed by atoms with van der Waals surface area (Å²) in [5, 5.41) is 0.660. The van der Waals surface area contributed by atoms with Crippen molar-refractivity contribution in [2.45, 2.75) is 33.9 Å². The van der Waals surface area contributed by atoms with Crippen LogP contribution < -0.4 is 4.90 Å². The fourth-order valence-corrected chi connectivity index (χ4v) is 3.05. The van der Waals surface area contributed by atoms with Crippen LogP contribution in [0.1, 0.15) is 27.7 Å². The second-order valence-electron chi connectivity index (χ2n) is 5.47. The number of hydrogen-bond donors (Lipinski definition) is 0. The number of β-lactam (4-membered cyclic amide) rings is 1. The second-order valence-corrected chi connectivity index (χ2v) is 5.91. The Labute approximate surface area is 120 Å². The lowest BCUT2D eigenvalue weighted by Gasteiger charge is -2.56. The zero-order valence-corrected chi connectivity index (χ0v) is 12.7. The molecule has 1 atom stereocenters. The first-order chi connectivity index (χ1) is 8.93. The second kappa shape index (κ2) is 5.14. The lowest BCUT2D eigenvalue weighted by Crippen LogP contribution is -2.73. The molecule has 1 aromatic carbocycles. The Morgan fingerprint density at radius 3 is 2.47 bits per heavy atom. The van der Waals surface area contributed by atoms with Crippen LogP contribution in [-0.2, 0) is 4.79 Å². The van der Waals surface area contributed by atoms with Gasteiger partial charge in [-0.05, 0) is 45.1 Å². The molecule has 0 N–H and O–H groups in total. The van der Waals surface area contributed by atoms with Gasteiger partial charge in [-0.1, -0.05) is 31.5 Å². The van der Waals surface area contributed by atoms with Gasteiger partial charge in [0.15, 0.2) is 0 Å².